The average molecular weight is 360 g/mol. The Kier molecular flexibility index (Phi) is 6.56. The Balaban J connectivity index is 0.00000225. The fourth-order valence-corrected chi connectivity index (χ4v) is 2.93. The van der Waals surface area contributed by atoms with Crippen LogP contribution in [-0.2, 0) is 4.79 Å². The number of rotatable bonds is 4. The van der Waals surface area contributed by atoms with Gasteiger partial charge < -0.3 is 16.4 Å². The van der Waals surface area contributed by atoms with E-state index in [2.05, 4.69) is 10.6 Å². The van der Waals surface area contributed by atoms with Crippen LogP contribution in [0.4, 0.5) is 11.4 Å². The molecule has 0 aliphatic heterocycles. The minimum atomic E-state index is -0.180. The van der Waals surface area contributed by atoms with Gasteiger partial charge >= 0.3 is 0 Å². The first kappa shape index (κ1) is 19.0. The van der Waals surface area contributed by atoms with Crippen molar-refractivity contribution in [3.63, 3.8) is 0 Å². The first-order chi connectivity index (χ1) is 11.6. The summed E-state index contributed by atoms with van der Waals surface area (Å²) in [5, 5.41) is 5.72. The van der Waals surface area contributed by atoms with Gasteiger partial charge in [-0.05, 0) is 55.7 Å². The van der Waals surface area contributed by atoms with Crippen molar-refractivity contribution in [2.75, 3.05) is 10.6 Å². The SMILES string of the molecule is Cl.NC1CCC(C(=O)Nc2ccc(C(=O)Nc3ccccc3)cc2)C1. The highest BCUT2D eigenvalue weighted by Crippen LogP contribution is 2.25. The first-order valence-corrected chi connectivity index (χ1v) is 8.15. The van der Waals surface area contributed by atoms with Crippen LogP contribution < -0.4 is 16.4 Å². The molecule has 1 aliphatic rings. The van der Waals surface area contributed by atoms with Gasteiger partial charge in [-0.1, -0.05) is 18.2 Å². The van der Waals surface area contributed by atoms with E-state index in [-0.39, 0.29) is 36.2 Å². The summed E-state index contributed by atoms with van der Waals surface area (Å²) < 4.78 is 0. The summed E-state index contributed by atoms with van der Waals surface area (Å²) in [4.78, 5) is 24.4. The molecule has 2 amide bonds. The van der Waals surface area contributed by atoms with E-state index in [1.807, 2.05) is 30.3 Å². The van der Waals surface area contributed by atoms with Crippen molar-refractivity contribution in [1.82, 2.24) is 0 Å². The van der Waals surface area contributed by atoms with Crippen molar-refractivity contribution in [3.8, 4) is 0 Å². The Labute approximate surface area is 153 Å². The highest BCUT2D eigenvalue weighted by atomic mass is 35.5. The quantitative estimate of drug-likeness (QED) is 0.781. The van der Waals surface area contributed by atoms with Crippen LogP contribution in [0.25, 0.3) is 0 Å². The lowest BCUT2D eigenvalue weighted by Gasteiger charge is -2.11. The number of para-hydroxylation sites is 1. The van der Waals surface area contributed by atoms with Crippen LogP contribution in [0, 0.1) is 5.92 Å². The molecule has 2 atom stereocenters. The molecule has 0 spiro atoms. The lowest BCUT2D eigenvalue weighted by molar-refractivity contribution is -0.119. The summed E-state index contributed by atoms with van der Waals surface area (Å²) in [7, 11) is 0. The van der Waals surface area contributed by atoms with E-state index in [4.69, 9.17) is 5.73 Å². The summed E-state index contributed by atoms with van der Waals surface area (Å²) in [5.74, 6) is -0.189. The molecule has 5 nitrogen and oxygen atoms in total. The summed E-state index contributed by atoms with van der Waals surface area (Å²) in [6, 6.07) is 16.3. The number of amides is 2. The molecule has 4 N–H and O–H groups in total. The molecule has 0 bridgehead atoms. The summed E-state index contributed by atoms with van der Waals surface area (Å²) in [5.41, 5.74) is 7.83. The third kappa shape index (κ3) is 5.05. The van der Waals surface area contributed by atoms with Crippen LogP contribution in [0.1, 0.15) is 29.6 Å². The van der Waals surface area contributed by atoms with E-state index in [1.165, 1.54) is 0 Å². The molecule has 132 valence electrons. The van der Waals surface area contributed by atoms with Crippen molar-refractivity contribution in [2.24, 2.45) is 11.7 Å². The molecular formula is C19H22ClN3O2. The molecule has 3 rings (SSSR count). The lowest BCUT2D eigenvalue weighted by Crippen LogP contribution is -2.23. The molecular weight excluding hydrogens is 338 g/mol. The lowest BCUT2D eigenvalue weighted by atomic mass is 10.1. The summed E-state index contributed by atoms with van der Waals surface area (Å²) in [6.45, 7) is 0. The number of carbonyl (C=O) groups is 2. The van der Waals surface area contributed by atoms with Crippen molar-refractivity contribution >= 4 is 35.6 Å². The largest absolute Gasteiger partial charge is 0.328 e. The second kappa shape index (κ2) is 8.65. The number of anilines is 2. The zero-order valence-corrected chi connectivity index (χ0v) is 14.6. The smallest absolute Gasteiger partial charge is 0.255 e. The minimum absolute atomic E-state index is 0. The highest BCUT2D eigenvalue weighted by Gasteiger charge is 2.27. The summed E-state index contributed by atoms with van der Waals surface area (Å²) in [6.07, 6.45) is 2.48. The predicted molar refractivity (Wildman–Crippen MR) is 102 cm³/mol. The number of benzene rings is 2. The third-order valence-corrected chi connectivity index (χ3v) is 4.29. The Morgan fingerprint density at radius 3 is 2.12 bits per heavy atom. The molecule has 2 unspecified atom stereocenters. The zero-order chi connectivity index (χ0) is 16.9. The number of nitrogens with two attached hydrogens (primary N) is 1. The molecule has 2 aromatic rings. The molecule has 0 saturated heterocycles. The molecule has 1 aliphatic carbocycles. The Bertz CT molecular complexity index is 719. The maximum absolute atomic E-state index is 12.2. The van der Waals surface area contributed by atoms with Gasteiger partial charge in [0.15, 0.2) is 0 Å². The second-order valence-corrected chi connectivity index (χ2v) is 6.16. The van der Waals surface area contributed by atoms with Gasteiger partial charge in [0.2, 0.25) is 5.91 Å². The van der Waals surface area contributed by atoms with E-state index in [9.17, 15) is 9.59 Å². The molecule has 6 heteroatoms. The van der Waals surface area contributed by atoms with E-state index < -0.39 is 0 Å². The maximum Gasteiger partial charge on any atom is 0.255 e. The van der Waals surface area contributed by atoms with Gasteiger partial charge in [0.1, 0.15) is 0 Å². The molecule has 0 heterocycles. The summed E-state index contributed by atoms with van der Waals surface area (Å²) >= 11 is 0. The molecule has 1 saturated carbocycles. The Morgan fingerprint density at radius 1 is 0.880 bits per heavy atom. The number of halogens is 1. The standard InChI is InChI=1S/C19H21N3O2.ClH/c20-15-9-6-14(12-15)19(24)22-17-10-7-13(8-11-17)18(23)21-16-4-2-1-3-5-16;/h1-5,7-8,10-11,14-15H,6,9,12,20H2,(H,21,23)(H,22,24);1H. The highest BCUT2D eigenvalue weighted by molar-refractivity contribution is 6.04. The Morgan fingerprint density at radius 2 is 1.52 bits per heavy atom. The predicted octanol–water partition coefficient (Wildman–Crippen LogP) is 3.43. The molecule has 25 heavy (non-hydrogen) atoms. The number of carbonyl (C=O) groups excluding carboxylic acids is 2. The monoisotopic (exact) mass is 359 g/mol. The van der Waals surface area contributed by atoms with Crippen LogP contribution in [0.2, 0.25) is 0 Å². The normalized spacial score (nSPS) is 18.9. The molecule has 0 aromatic heterocycles. The average Bonchev–Trinajstić information content (AvgIpc) is 3.03. The topological polar surface area (TPSA) is 84.2 Å². The van der Waals surface area contributed by atoms with Gasteiger partial charge in [0.25, 0.3) is 5.91 Å². The van der Waals surface area contributed by atoms with Crippen LogP contribution in [-0.4, -0.2) is 17.9 Å². The molecule has 1 fully saturated rings. The fraction of sp³-hybridized carbons (Fsp3) is 0.263. The zero-order valence-electron chi connectivity index (χ0n) is 13.8. The van der Waals surface area contributed by atoms with Crippen molar-refractivity contribution < 1.29 is 9.59 Å². The molecule has 2 aromatic carbocycles. The van der Waals surface area contributed by atoms with Gasteiger partial charge in [-0.15, -0.1) is 12.4 Å². The van der Waals surface area contributed by atoms with Crippen LogP contribution in [0.5, 0.6) is 0 Å². The number of nitrogens with one attached hydrogen (secondary N) is 2. The van der Waals surface area contributed by atoms with E-state index >= 15 is 0 Å². The van der Waals surface area contributed by atoms with Gasteiger partial charge in [-0.3, -0.25) is 9.59 Å². The number of hydrogen-bond donors (Lipinski definition) is 3. The van der Waals surface area contributed by atoms with Crippen LogP contribution >= 0.6 is 12.4 Å². The first-order valence-electron chi connectivity index (χ1n) is 8.15. The number of hydrogen-bond acceptors (Lipinski definition) is 3. The molecule has 0 radical (unpaired) electrons. The van der Waals surface area contributed by atoms with Gasteiger partial charge in [-0.2, -0.15) is 0 Å². The third-order valence-electron chi connectivity index (χ3n) is 4.29. The van der Waals surface area contributed by atoms with Gasteiger partial charge in [-0.25, -0.2) is 0 Å². The van der Waals surface area contributed by atoms with Crippen LogP contribution in [0.15, 0.2) is 54.6 Å². The van der Waals surface area contributed by atoms with E-state index in [0.717, 1.165) is 24.9 Å². The second-order valence-electron chi connectivity index (χ2n) is 6.16. The van der Waals surface area contributed by atoms with E-state index in [0.29, 0.717) is 11.3 Å². The van der Waals surface area contributed by atoms with Crippen molar-refractivity contribution in [1.29, 1.82) is 0 Å². The van der Waals surface area contributed by atoms with Crippen molar-refractivity contribution in [3.05, 3.63) is 60.2 Å². The maximum atomic E-state index is 12.2. The van der Waals surface area contributed by atoms with E-state index in [1.54, 1.807) is 24.3 Å². The minimum Gasteiger partial charge on any atom is -0.328 e. The Hall–Kier alpha value is -2.37. The van der Waals surface area contributed by atoms with Crippen LogP contribution in [0.3, 0.4) is 0 Å². The fourth-order valence-electron chi connectivity index (χ4n) is 2.93. The van der Waals surface area contributed by atoms with Gasteiger partial charge in [0, 0.05) is 28.9 Å². The van der Waals surface area contributed by atoms with Crippen molar-refractivity contribution in [2.45, 2.75) is 25.3 Å². The van der Waals surface area contributed by atoms with Gasteiger partial charge in [0.05, 0.1) is 0 Å².